The van der Waals surface area contributed by atoms with Crippen LogP contribution in [0.1, 0.15) is 17.4 Å². The minimum atomic E-state index is -0.183. The van der Waals surface area contributed by atoms with E-state index in [9.17, 15) is 9.59 Å². The third kappa shape index (κ3) is 3.66. The number of hydrogen-bond donors (Lipinski definition) is 0. The quantitative estimate of drug-likeness (QED) is 0.469. The van der Waals surface area contributed by atoms with E-state index in [4.69, 9.17) is 0 Å². The normalized spacial score (nSPS) is 11.0. The predicted octanol–water partition coefficient (Wildman–Crippen LogP) is 4.79. The van der Waals surface area contributed by atoms with Crippen molar-refractivity contribution in [2.75, 3.05) is 11.4 Å². The van der Waals surface area contributed by atoms with Gasteiger partial charge in [0, 0.05) is 22.7 Å². The highest BCUT2D eigenvalue weighted by Gasteiger charge is 2.19. The van der Waals surface area contributed by atoms with Crippen molar-refractivity contribution in [2.24, 2.45) is 0 Å². The minimum absolute atomic E-state index is 0.0489. The first-order valence-corrected chi connectivity index (χ1v) is 10.7. The molecule has 0 radical (unpaired) electrons. The van der Waals surface area contributed by atoms with Crippen LogP contribution in [0.15, 0.2) is 65.7 Å². The van der Waals surface area contributed by atoms with Crippen LogP contribution in [0.5, 0.6) is 0 Å². The highest BCUT2D eigenvalue weighted by Crippen LogP contribution is 2.35. The molecule has 4 rings (SSSR count). The van der Waals surface area contributed by atoms with Crippen LogP contribution in [-0.4, -0.2) is 22.0 Å². The number of benzene rings is 2. The number of carbonyl (C=O) groups excluding carboxylic acids is 1. The first-order valence-electron chi connectivity index (χ1n) is 9.90. The topological polar surface area (TPSA) is 55.2 Å². The van der Waals surface area contributed by atoms with Gasteiger partial charge in [0.05, 0.1) is 11.7 Å². The summed E-state index contributed by atoms with van der Waals surface area (Å²) in [5.41, 5.74) is 3.70. The third-order valence-electron chi connectivity index (χ3n) is 5.19. The summed E-state index contributed by atoms with van der Waals surface area (Å²) in [5, 5.41) is 0.583. The molecule has 30 heavy (non-hydrogen) atoms. The molecule has 0 saturated carbocycles. The van der Waals surface area contributed by atoms with Crippen molar-refractivity contribution < 1.29 is 4.79 Å². The maximum atomic E-state index is 13.3. The number of nitrogens with zero attached hydrogens (tertiary/aromatic N) is 3. The largest absolute Gasteiger partial charge is 0.311 e. The molecule has 6 heteroatoms. The fourth-order valence-electron chi connectivity index (χ4n) is 3.66. The molecule has 0 saturated heterocycles. The average Bonchev–Trinajstić information content (AvgIpc) is 3.09. The molecule has 0 unspecified atom stereocenters. The number of rotatable bonds is 5. The van der Waals surface area contributed by atoms with Gasteiger partial charge in [-0.15, -0.1) is 11.3 Å². The molecule has 0 fully saturated rings. The second-order valence-electron chi connectivity index (χ2n) is 7.23. The van der Waals surface area contributed by atoms with Crippen molar-refractivity contribution in [3.8, 4) is 11.1 Å². The highest BCUT2D eigenvalue weighted by molar-refractivity contribution is 7.19. The number of aromatic nitrogens is 2. The smallest absolute Gasteiger partial charge is 0.263 e. The van der Waals surface area contributed by atoms with E-state index >= 15 is 0 Å². The molecule has 0 aliphatic rings. The lowest BCUT2D eigenvalue weighted by atomic mass is 10.0. The maximum absolute atomic E-state index is 13.3. The first kappa shape index (κ1) is 20.0. The van der Waals surface area contributed by atoms with Crippen LogP contribution in [0.4, 0.5) is 5.69 Å². The van der Waals surface area contributed by atoms with E-state index in [1.54, 1.807) is 4.90 Å². The lowest BCUT2D eigenvalue weighted by Crippen LogP contribution is -2.36. The van der Waals surface area contributed by atoms with Gasteiger partial charge in [0.25, 0.3) is 5.56 Å². The molecular weight excluding hydrogens is 394 g/mol. The molecule has 2 aromatic heterocycles. The van der Waals surface area contributed by atoms with Crippen molar-refractivity contribution in [3.05, 3.63) is 81.7 Å². The van der Waals surface area contributed by atoms with Gasteiger partial charge in [-0.3, -0.25) is 14.2 Å². The molecule has 0 N–H and O–H groups in total. The van der Waals surface area contributed by atoms with Crippen molar-refractivity contribution in [3.63, 3.8) is 0 Å². The van der Waals surface area contributed by atoms with Crippen LogP contribution in [0.3, 0.4) is 0 Å². The van der Waals surface area contributed by atoms with Gasteiger partial charge in [-0.2, -0.15) is 0 Å². The molecule has 152 valence electrons. The number of amides is 1. The van der Waals surface area contributed by atoms with Crippen molar-refractivity contribution in [1.29, 1.82) is 0 Å². The number of aryl methyl sites for hydroxylation is 2. The molecule has 1 amide bonds. The van der Waals surface area contributed by atoms with E-state index < -0.39 is 0 Å². The Hall–Kier alpha value is -3.25. The van der Waals surface area contributed by atoms with E-state index in [-0.39, 0.29) is 18.0 Å². The zero-order valence-electron chi connectivity index (χ0n) is 17.3. The SMILES string of the molecule is CCN(C(=O)Cn1cnc2sc(C)c(-c3ccc(C)cc3)c2c1=O)c1ccccc1. The van der Waals surface area contributed by atoms with Crippen LogP contribution in [0, 0.1) is 13.8 Å². The Bertz CT molecular complexity index is 1260. The standard InChI is InChI=1S/C24H23N3O2S/c1-4-27(19-8-6-5-7-9-19)20(28)14-26-15-25-23-22(24(26)29)21(17(3)30-23)18-12-10-16(2)11-13-18/h5-13,15H,4,14H2,1-3H3. The molecule has 0 aliphatic carbocycles. The van der Waals surface area contributed by atoms with Gasteiger partial charge in [-0.25, -0.2) is 4.98 Å². The van der Waals surface area contributed by atoms with E-state index in [1.165, 1.54) is 22.2 Å². The van der Waals surface area contributed by atoms with E-state index in [0.717, 1.165) is 27.3 Å². The Morgan fingerprint density at radius 1 is 1.07 bits per heavy atom. The van der Waals surface area contributed by atoms with Crippen LogP contribution in [-0.2, 0) is 11.3 Å². The fourth-order valence-corrected chi connectivity index (χ4v) is 4.66. The average molecular weight is 418 g/mol. The summed E-state index contributed by atoms with van der Waals surface area (Å²) in [6, 6.07) is 17.6. The Morgan fingerprint density at radius 2 is 1.77 bits per heavy atom. The second-order valence-corrected chi connectivity index (χ2v) is 8.43. The molecule has 5 nitrogen and oxygen atoms in total. The molecule has 2 heterocycles. The predicted molar refractivity (Wildman–Crippen MR) is 123 cm³/mol. The molecule has 2 aromatic carbocycles. The summed E-state index contributed by atoms with van der Waals surface area (Å²) in [6.07, 6.45) is 1.48. The van der Waals surface area contributed by atoms with Crippen molar-refractivity contribution >= 4 is 33.1 Å². The summed E-state index contributed by atoms with van der Waals surface area (Å²) >= 11 is 1.51. The highest BCUT2D eigenvalue weighted by atomic mass is 32.1. The maximum Gasteiger partial charge on any atom is 0.263 e. The van der Waals surface area contributed by atoms with Crippen LogP contribution >= 0.6 is 11.3 Å². The number of fused-ring (bicyclic) bond motifs is 1. The molecule has 0 atom stereocenters. The van der Waals surface area contributed by atoms with Crippen LogP contribution < -0.4 is 10.5 Å². The number of carbonyl (C=O) groups is 1. The second kappa shape index (κ2) is 8.24. The first-order chi connectivity index (χ1) is 14.5. The minimum Gasteiger partial charge on any atom is -0.311 e. The Kier molecular flexibility index (Phi) is 5.50. The van der Waals surface area contributed by atoms with Gasteiger partial charge >= 0.3 is 0 Å². The Balaban J connectivity index is 1.75. The van der Waals surface area contributed by atoms with Crippen molar-refractivity contribution in [2.45, 2.75) is 27.3 Å². The van der Waals surface area contributed by atoms with E-state index in [2.05, 4.69) is 4.98 Å². The lowest BCUT2D eigenvalue weighted by molar-refractivity contribution is -0.119. The number of hydrogen-bond acceptors (Lipinski definition) is 4. The summed E-state index contributed by atoms with van der Waals surface area (Å²) in [7, 11) is 0. The molecular formula is C24H23N3O2S. The summed E-state index contributed by atoms with van der Waals surface area (Å²) < 4.78 is 1.42. The molecule has 0 spiro atoms. The van der Waals surface area contributed by atoms with Gasteiger partial charge in [0.15, 0.2) is 0 Å². The van der Waals surface area contributed by atoms with E-state index in [1.807, 2.05) is 75.4 Å². The van der Waals surface area contributed by atoms with Gasteiger partial charge in [0.2, 0.25) is 5.91 Å². The molecule has 0 bridgehead atoms. The van der Waals surface area contributed by atoms with Gasteiger partial charge in [-0.05, 0) is 38.5 Å². The summed E-state index contributed by atoms with van der Waals surface area (Å²) in [5.74, 6) is -0.143. The number of para-hydroxylation sites is 1. The number of anilines is 1. The molecule has 0 aliphatic heterocycles. The zero-order valence-corrected chi connectivity index (χ0v) is 18.1. The summed E-state index contributed by atoms with van der Waals surface area (Å²) in [6.45, 7) is 6.44. The van der Waals surface area contributed by atoms with Crippen LogP contribution in [0.25, 0.3) is 21.3 Å². The Labute approximate surface area is 179 Å². The van der Waals surface area contributed by atoms with Gasteiger partial charge in [0.1, 0.15) is 11.4 Å². The lowest BCUT2D eigenvalue weighted by Gasteiger charge is -2.21. The van der Waals surface area contributed by atoms with Crippen LogP contribution in [0.2, 0.25) is 0 Å². The summed E-state index contributed by atoms with van der Waals surface area (Å²) in [4.78, 5) is 34.2. The monoisotopic (exact) mass is 417 g/mol. The van der Waals surface area contributed by atoms with E-state index in [0.29, 0.717) is 16.8 Å². The fraction of sp³-hybridized carbons (Fsp3) is 0.208. The molecule has 4 aromatic rings. The van der Waals surface area contributed by atoms with Gasteiger partial charge in [-0.1, -0.05) is 48.0 Å². The van der Waals surface area contributed by atoms with Gasteiger partial charge < -0.3 is 4.90 Å². The number of thiophene rings is 1. The third-order valence-corrected chi connectivity index (χ3v) is 6.20. The Morgan fingerprint density at radius 3 is 2.43 bits per heavy atom. The number of likely N-dealkylation sites (N-methyl/N-ethyl adjacent to an activating group) is 1. The zero-order chi connectivity index (χ0) is 21.3. The van der Waals surface area contributed by atoms with Crippen molar-refractivity contribution in [1.82, 2.24) is 9.55 Å².